The summed E-state index contributed by atoms with van der Waals surface area (Å²) in [6, 6.07) is 16.6. The van der Waals surface area contributed by atoms with E-state index in [1.54, 1.807) is 13.8 Å². The summed E-state index contributed by atoms with van der Waals surface area (Å²) in [5.74, 6) is 0.236. The Morgan fingerprint density at radius 3 is 2.57 bits per heavy atom. The van der Waals surface area contributed by atoms with Crippen molar-refractivity contribution in [2.75, 3.05) is 0 Å². The van der Waals surface area contributed by atoms with Crippen LogP contribution in [-0.4, -0.2) is 16.7 Å². The van der Waals surface area contributed by atoms with Crippen molar-refractivity contribution in [2.45, 2.75) is 44.6 Å². The van der Waals surface area contributed by atoms with Gasteiger partial charge >= 0.3 is 5.97 Å². The van der Waals surface area contributed by atoms with Gasteiger partial charge in [0.25, 0.3) is 0 Å². The van der Waals surface area contributed by atoms with E-state index in [4.69, 9.17) is 4.74 Å². The predicted octanol–water partition coefficient (Wildman–Crippen LogP) is 4.20. The molecule has 0 spiro atoms. The molecule has 0 fully saturated rings. The molecule has 3 heteroatoms. The minimum absolute atomic E-state index is 0.561. The number of aliphatic carboxylic acids is 1. The quantitative estimate of drug-likeness (QED) is 0.920. The average molecular weight is 310 g/mol. The lowest BCUT2D eigenvalue weighted by molar-refractivity contribution is -0.152. The topological polar surface area (TPSA) is 46.5 Å². The zero-order valence-electron chi connectivity index (χ0n) is 13.6. The minimum Gasteiger partial charge on any atom is -0.478 e. The predicted molar refractivity (Wildman–Crippen MR) is 90.0 cm³/mol. The van der Waals surface area contributed by atoms with Crippen molar-refractivity contribution in [2.24, 2.45) is 0 Å². The number of carbonyl (C=O) groups is 1. The first-order valence-corrected chi connectivity index (χ1v) is 8.05. The smallest absolute Gasteiger partial charge is 0.347 e. The summed E-state index contributed by atoms with van der Waals surface area (Å²) in [6.45, 7) is 3.14. The van der Waals surface area contributed by atoms with Crippen molar-refractivity contribution in [1.29, 1.82) is 0 Å². The maximum absolute atomic E-state index is 11.2. The van der Waals surface area contributed by atoms with E-state index in [9.17, 15) is 9.90 Å². The number of benzene rings is 2. The monoisotopic (exact) mass is 310 g/mol. The third kappa shape index (κ3) is 3.39. The van der Waals surface area contributed by atoms with Gasteiger partial charge in [0, 0.05) is 0 Å². The zero-order chi connectivity index (χ0) is 16.4. The van der Waals surface area contributed by atoms with Crippen molar-refractivity contribution in [3.05, 3.63) is 65.2 Å². The Kier molecular flexibility index (Phi) is 4.12. The van der Waals surface area contributed by atoms with Crippen LogP contribution in [0.2, 0.25) is 0 Å². The third-order valence-electron chi connectivity index (χ3n) is 4.57. The van der Waals surface area contributed by atoms with E-state index in [2.05, 4.69) is 30.3 Å². The number of carboxylic acids is 1. The molecule has 1 aliphatic rings. The first kappa shape index (κ1) is 15.6. The van der Waals surface area contributed by atoms with Crippen LogP contribution in [0.15, 0.2) is 48.5 Å². The molecule has 23 heavy (non-hydrogen) atoms. The number of hydrogen-bond acceptors (Lipinski definition) is 2. The summed E-state index contributed by atoms with van der Waals surface area (Å²) < 4.78 is 5.64. The number of hydrogen-bond donors (Lipinski definition) is 1. The van der Waals surface area contributed by atoms with Gasteiger partial charge in [0.2, 0.25) is 0 Å². The number of aryl methyl sites for hydroxylation is 1. The zero-order valence-corrected chi connectivity index (χ0v) is 13.6. The van der Waals surface area contributed by atoms with Crippen LogP contribution < -0.4 is 4.74 Å². The molecule has 1 atom stereocenters. The second kappa shape index (κ2) is 6.07. The van der Waals surface area contributed by atoms with Crippen LogP contribution in [0.25, 0.3) is 0 Å². The molecular formula is C20H22O3. The fourth-order valence-corrected chi connectivity index (χ4v) is 3.14. The van der Waals surface area contributed by atoms with Crippen molar-refractivity contribution in [3.8, 4) is 5.75 Å². The lowest BCUT2D eigenvalue weighted by atomic mass is 9.80. The van der Waals surface area contributed by atoms with E-state index in [0.717, 1.165) is 19.3 Å². The van der Waals surface area contributed by atoms with Crippen molar-refractivity contribution in [3.63, 3.8) is 0 Å². The molecule has 0 aromatic heterocycles. The Morgan fingerprint density at radius 2 is 1.87 bits per heavy atom. The Hall–Kier alpha value is -2.29. The van der Waals surface area contributed by atoms with Gasteiger partial charge in [0.1, 0.15) is 5.75 Å². The second-order valence-electron chi connectivity index (χ2n) is 6.70. The lowest BCUT2D eigenvalue weighted by Crippen LogP contribution is -2.37. The highest BCUT2D eigenvalue weighted by molar-refractivity contribution is 5.76. The molecule has 0 bridgehead atoms. The lowest BCUT2D eigenvalue weighted by Gasteiger charge is -2.27. The van der Waals surface area contributed by atoms with Crippen LogP contribution in [-0.2, 0) is 17.6 Å². The van der Waals surface area contributed by atoms with E-state index in [1.165, 1.54) is 16.7 Å². The normalized spacial score (nSPS) is 17.4. The van der Waals surface area contributed by atoms with Gasteiger partial charge < -0.3 is 9.84 Å². The van der Waals surface area contributed by atoms with Gasteiger partial charge in [-0.1, -0.05) is 36.4 Å². The first-order chi connectivity index (χ1) is 11.0. The maximum Gasteiger partial charge on any atom is 0.347 e. The minimum atomic E-state index is -1.21. The van der Waals surface area contributed by atoms with Crippen molar-refractivity contribution < 1.29 is 14.6 Å². The SMILES string of the molecule is CC(C)(Oc1ccc2c(c1)CCC(c1ccccc1)C2)C(=O)O. The summed E-state index contributed by atoms with van der Waals surface area (Å²) in [5, 5.41) is 9.18. The van der Waals surface area contributed by atoms with Crippen LogP contribution in [0.4, 0.5) is 0 Å². The van der Waals surface area contributed by atoms with Gasteiger partial charge in [0.05, 0.1) is 0 Å². The first-order valence-electron chi connectivity index (χ1n) is 8.05. The fraction of sp³-hybridized carbons (Fsp3) is 0.350. The largest absolute Gasteiger partial charge is 0.478 e. The molecule has 3 nitrogen and oxygen atoms in total. The Labute approximate surface area is 136 Å². The van der Waals surface area contributed by atoms with Crippen LogP contribution in [0.1, 0.15) is 42.9 Å². The standard InChI is InChI=1S/C20H22O3/c1-20(2,19(21)22)23-18-11-10-16-12-15(8-9-17(16)13-18)14-6-4-3-5-7-14/h3-7,10-11,13,15H,8-9,12H2,1-2H3,(H,21,22). The molecule has 0 heterocycles. The number of carboxylic acid groups (broad SMARTS) is 1. The fourth-order valence-electron chi connectivity index (χ4n) is 3.14. The highest BCUT2D eigenvalue weighted by atomic mass is 16.5. The Bertz CT molecular complexity index is 704. The molecule has 2 aromatic carbocycles. The molecule has 0 radical (unpaired) electrons. The van der Waals surface area contributed by atoms with Crippen molar-refractivity contribution >= 4 is 5.97 Å². The average Bonchev–Trinajstić information content (AvgIpc) is 2.54. The second-order valence-corrected chi connectivity index (χ2v) is 6.70. The Balaban J connectivity index is 1.77. The molecule has 1 N–H and O–H groups in total. The van der Waals surface area contributed by atoms with Crippen LogP contribution in [0, 0.1) is 0 Å². The molecular weight excluding hydrogens is 288 g/mol. The molecule has 0 saturated heterocycles. The maximum atomic E-state index is 11.2. The van der Waals surface area contributed by atoms with Gasteiger partial charge in [0.15, 0.2) is 5.60 Å². The summed E-state index contributed by atoms with van der Waals surface area (Å²) in [7, 11) is 0. The molecule has 2 aromatic rings. The molecule has 0 aliphatic heterocycles. The number of rotatable bonds is 4. The number of ether oxygens (including phenoxy) is 1. The summed E-state index contributed by atoms with van der Waals surface area (Å²) >= 11 is 0. The molecule has 0 saturated carbocycles. The molecule has 120 valence electrons. The molecule has 1 unspecified atom stereocenters. The van der Waals surface area contributed by atoms with E-state index < -0.39 is 11.6 Å². The van der Waals surface area contributed by atoms with Crippen molar-refractivity contribution in [1.82, 2.24) is 0 Å². The van der Waals surface area contributed by atoms with Gasteiger partial charge in [-0.15, -0.1) is 0 Å². The highest BCUT2D eigenvalue weighted by Crippen LogP contribution is 2.34. The summed E-state index contributed by atoms with van der Waals surface area (Å²) in [6.07, 6.45) is 3.14. The van der Waals surface area contributed by atoms with E-state index in [-0.39, 0.29) is 0 Å². The molecule has 1 aliphatic carbocycles. The van der Waals surface area contributed by atoms with E-state index >= 15 is 0 Å². The van der Waals surface area contributed by atoms with Gasteiger partial charge in [-0.05, 0) is 67.9 Å². The molecule has 3 rings (SSSR count). The van der Waals surface area contributed by atoms with Crippen LogP contribution in [0.3, 0.4) is 0 Å². The van der Waals surface area contributed by atoms with Gasteiger partial charge in [-0.25, -0.2) is 4.79 Å². The highest BCUT2D eigenvalue weighted by Gasteiger charge is 2.30. The molecule has 0 amide bonds. The van der Waals surface area contributed by atoms with E-state index in [0.29, 0.717) is 11.7 Å². The summed E-state index contributed by atoms with van der Waals surface area (Å²) in [5.41, 5.74) is 2.79. The summed E-state index contributed by atoms with van der Waals surface area (Å²) in [4.78, 5) is 11.2. The van der Waals surface area contributed by atoms with Crippen LogP contribution >= 0.6 is 0 Å². The van der Waals surface area contributed by atoms with Gasteiger partial charge in [-0.2, -0.15) is 0 Å². The third-order valence-corrected chi connectivity index (χ3v) is 4.57. The van der Waals surface area contributed by atoms with E-state index in [1.807, 2.05) is 18.2 Å². The van der Waals surface area contributed by atoms with Crippen LogP contribution in [0.5, 0.6) is 5.75 Å². The van der Waals surface area contributed by atoms with Gasteiger partial charge in [-0.3, -0.25) is 0 Å². The number of fused-ring (bicyclic) bond motifs is 1. The Morgan fingerprint density at radius 1 is 1.13 bits per heavy atom.